The maximum atomic E-state index is 13.4. The summed E-state index contributed by atoms with van der Waals surface area (Å²) in [5.41, 5.74) is 0.857. The Morgan fingerprint density at radius 1 is 1.06 bits per heavy atom. The molecule has 0 saturated carbocycles. The van der Waals surface area contributed by atoms with Gasteiger partial charge in [-0.1, -0.05) is 6.07 Å². The van der Waals surface area contributed by atoms with Crippen molar-refractivity contribution >= 4 is 17.4 Å². The Labute approximate surface area is 198 Å². The van der Waals surface area contributed by atoms with Crippen molar-refractivity contribution in [2.45, 2.75) is 25.8 Å². The number of aliphatic hydroxyl groups excluding tert-OH is 1. The topological polar surface area (TPSA) is 79.3 Å². The van der Waals surface area contributed by atoms with Crippen molar-refractivity contribution in [3.8, 4) is 11.5 Å². The number of ether oxygens (including phenoxy) is 2. The maximum absolute atomic E-state index is 13.4. The normalized spacial score (nSPS) is 20.2. The predicted octanol–water partition coefficient (Wildman–Crippen LogP) is 3.75. The number of likely N-dealkylation sites (tertiary alicyclic amines) is 2. The fourth-order valence-corrected chi connectivity index (χ4v) is 4.60. The highest BCUT2D eigenvalue weighted by Gasteiger charge is 2.46. The van der Waals surface area contributed by atoms with Crippen LogP contribution in [0, 0.1) is 5.82 Å². The van der Waals surface area contributed by atoms with Crippen molar-refractivity contribution in [2.24, 2.45) is 0 Å². The summed E-state index contributed by atoms with van der Waals surface area (Å²) in [6, 6.07) is 9.60. The highest BCUT2D eigenvalue weighted by Crippen LogP contribution is 2.42. The first-order chi connectivity index (χ1) is 16.4. The van der Waals surface area contributed by atoms with E-state index in [1.807, 2.05) is 6.92 Å². The van der Waals surface area contributed by atoms with Crippen LogP contribution in [0.1, 0.15) is 36.9 Å². The van der Waals surface area contributed by atoms with Crippen molar-refractivity contribution in [2.75, 3.05) is 39.9 Å². The number of nitrogens with zero attached hydrogens (tertiary/aromatic N) is 2. The van der Waals surface area contributed by atoms with Gasteiger partial charge in [-0.3, -0.25) is 9.59 Å². The lowest BCUT2D eigenvalue weighted by Crippen LogP contribution is -2.37. The first-order valence-corrected chi connectivity index (χ1v) is 11.5. The van der Waals surface area contributed by atoms with E-state index in [2.05, 4.69) is 4.90 Å². The van der Waals surface area contributed by atoms with Crippen molar-refractivity contribution in [1.82, 2.24) is 9.80 Å². The van der Waals surface area contributed by atoms with Gasteiger partial charge < -0.3 is 24.4 Å². The summed E-state index contributed by atoms with van der Waals surface area (Å²) in [7, 11) is 1.52. The van der Waals surface area contributed by atoms with Gasteiger partial charge in [-0.25, -0.2) is 4.39 Å². The smallest absolute Gasteiger partial charge is 0.295 e. The van der Waals surface area contributed by atoms with E-state index in [0.717, 1.165) is 25.9 Å². The maximum Gasteiger partial charge on any atom is 0.295 e. The highest BCUT2D eigenvalue weighted by molar-refractivity contribution is 6.46. The number of carbonyl (C=O) groups excluding carboxylic acids is 2. The molecule has 2 aromatic rings. The zero-order valence-electron chi connectivity index (χ0n) is 19.4. The summed E-state index contributed by atoms with van der Waals surface area (Å²) < 4.78 is 24.5. The van der Waals surface area contributed by atoms with Crippen LogP contribution in [0.4, 0.5) is 4.39 Å². The Balaban J connectivity index is 1.79. The third kappa shape index (κ3) is 4.63. The average molecular weight is 469 g/mol. The van der Waals surface area contributed by atoms with Crippen molar-refractivity contribution < 1.29 is 28.6 Å². The summed E-state index contributed by atoms with van der Waals surface area (Å²) in [5, 5.41) is 11.1. The lowest BCUT2D eigenvalue weighted by molar-refractivity contribution is -0.140. The second kappa shape index (κ2) is 10.3. The van der Waals surface area contributed by atoms with E-state index in [9.17, 15) is 19.1 Å². The molecule has 0 bridgehead atoms. The zero-order valence-corrected chi connectivity index (χ0v) is 19.4. The molecule has 2 saturated heterocycles. The summed E-state index contributed by atoms with van der Waals surface area (Å²) in [6.07, 6.45) is 2.23. The molecular formula is C26H29FN2O5. The molecule has 0 aromatic heterocycles. The number of amides is 1. The van der Waals surface area contributed by atoms with Gasteiger partial charge >= 0.3 is 0 Å². The molecule has 1 unspecified atom stereocenters. The van der Waals surface area contributed by atoms with Crippen LogP contribution in [0.3, 0.4) is 0 Å². The van der Waals surface area contributed by atoms with Gasteiger partial charge in [0.05, 0.1) is 25.3 Å². The van der Waals surface area contributed by atoms with Crippen LogP contribution in [0.25, 0.3) is 5.76 Å². The van der Waals surface area contributed by atoms with Crippen LogP contribution in [-0.4, -0.2) is 66.5 Å². The van der Waals surface area contributed by atoms with Gasteiger partial charge in [0.2, 0.25) is 0 Å². The second-order valence-corrected chi connectivity index (χ2v) is 8.39. The van der Waals surface area contributed by atoms with Crippen LogP contribution >= 0.6 is 0 Å². The standard InChI is InChI=1S/C26H29FN2O5/c1-3-34-20-11-8-18(16-21(20)33-2)23-22(24(30)17-6-9-19(27)10-7-17)25(31)26(32)29(23)15-14-28-12-4-5-13-28/h6-11,16,23,30H,3-5,12-15H2,1-2H3/b24-22+. The van der Waals surface area contributed by atoms with E-state index in [1.165, 1.54) is 36.3 Å². The third-order valence-electron chi connectivity index (χ3n) is 6.32. The van der Waals surface area contributed by atoms with Gasteiger partial charge in [0.25, 0.3) is 11.7 Å². The minimum absolute atomic E-state index is 0.0238. The number of hydrogen-bond acceptors (Lipinski definition) is 6. The number of benzene rings is 2. The number of rotatable bonds is 8. The fraction of sp³-hybridized carbons (Fsp3) is 0.385. The lowest BCUT2D eigenvalue weighted by atomic mass is 9.95. The second-order valence-electron chi connectivity index (χ2n) is 8.39. The summed E-state index contributed by atoms with van der Waals surface area (Å²) in [6.45, 7) is 5.21. The van der Waals surface area contributed by atoms with E-state index < -0.39 is 23.5 Å². The molecule has 7 nitrogen and oxygen atoms in total. The third-order valence-corrected chi connectivity index (χ3v) is 6.32. The van der Waals surface area contributed by atoms with Crippen LogP contribution in [0.2, 0.25) is 0 Å². The molecule has 180 valence electrons. The van der Waals surface area contributed by atoms with Gasteiger partial charge in [0.15, 0.2) is 11.5 Å². The quantitative estimate of drug-likeness (QED) is 0.361. The van der Waals surface area contributed by atoms with E-state index in [1.54, 1.807) is 18.2 Å². The summed E-state index contributed by atoms with van der Waals surface area (Å²) >= 11 is 0. The molecule has 4 rings (SSSR count). The molecule has 1 atom stereocenters. The molecule has 2 heterocycles. The van der Waals surface area contributed by atoms with E-state index >= 15 is 0 Å². The molecule has 2 aromatic carbocycles. The summed E-state index contributed by atoms with van der Waals surface area (Å²) in [4.78, 5) is 30.0. The predicted molar refractivity (Wildman–Crippen MR) is 125 cm³/mol. The number of methoxy groups -OCH3 is 1. The van der Waals surface area contributed by atoms with E-state index in [-0.39, 0.29) is 16.9 Å². The van der Waals surface area contributed by atoms with Crippen molar-refractivity contribution in [3.05, 3.63) is 65.0 Å². The molecule has 2 fully saturated rings. The Morgan fingerprint density at radius 2 is 1.76 bits per heavy atom. The number of carbonyl (C=O) groups is 2. The summed E-state index contributed by atoms with van der Waals surface area (Å²) in [5.74, 6) is -1.22. The monoisotopic (exact) mass is 468 g/mol. The highest BCUT2D eigenvalue weighted by atomic mass is 19.1. The number of halogens is 1. The molecule has 1 amide bonds. The van der Waals surface area contributed by atoms with Gasteiger partial charge in [0, 0.05) is 18.7 Å². The van der Waals surface area contributed by atoms with Crippen LogP contribution in [0.5, 0.6) is 11.5 Å². The molecule has 1 N–H and O–H groups in total. The Kier molecular flexibility index (Phi) is 7.17. The van der Waals surface area contributed by atoms with E-state index in [0.29, 0.717) is 36.8 Å². The molecular weight excluding hydrogens is 439 g/mol. The molecule has 8 heteroatoms. The largest absolute Gasteiger partial charge is 0.507 e. The number of aliphatic hydroxyl groups is 1. The van der Waals surface area contributed by atoms with E-state index in [4.69, 9.17) is 9.47 Å². The Hall–Kier alpha value is -3.39. The fourth-order valence-electron chi connectivity index (χ4n) is 4.60. The number of ketones is 1. The van der Waals surface area contributed by atoms with Crippen LogP contribution in [0.15, 0.2) is 48.0 Å². The van der Waals surface area contributed by atoms with Gasteiger partial charge in [-0.15, -0.1) is 0 Å². The van der Waals surface area contributed by atoms with Gasteiger partial charge in [-0.05, 0) is 74.8 Å². The molecule has 0 aliphatic carbocycles. The van der Waals surface area contributed by atoms with Crippen molar-refractivity contribution in [1.29, 1.82) is 0 Å². The zero-order chi connectivity index (χ0) is 24.2. The van der Waals surface area contributed by atoms with Crippen LogP contribution in [-0.2, 0) is 9.59 Å². The van der Waals surface area contributed by atoms with Gasteiger partial charge in [-0.2, -0.15) is 0 Å². The molecule has 0 spiro atoms. The Bertz CT molecular complexity index is 1090. The van der Waals surface area contributed by atoms with Crippen molar-refractivity contribution in [3.63, 3.8) is 0 Å². The first-order valence-electron chi connectivity index (χ1n) is 11.5. The SMILES string of the molecule is CCOc1ccc(C2/C(=C(\O)c3ccc(F)cc3)C(=O)C(=O)N2CCN2CCCC2)cc1OC. The first kappa shape index (κ1) is 23.8. The molecule has 34 heavy (non-hydrogen) atoms. The number of hydrogen-bond donors (Lipinski definition) is 1. The average Bonchev–Trinajstić information content (AvgIpc) is 3.45. The molecule has 2 aliphatic heterocycles. The Morgan fingerprint density at radius 3 is 2.41 bits per heavy atom. The molecule has 0 radical (unpaired) electrons. The minimum Gasteiger partial charge on any atom is -0.507 e. The van der Waals surface area contributed by atoms with Crippen LogP contribution < -0.4 is 9.47 Å². The molecule has 2 aliphatic rings. The van der Waals surface area contributed by atoms with Gasteiger partial charge in [0.1, 0.15) is 11.6 Å². The lowest BCUT2D eigenvalue weighted by Gasteiger charge is -2.28. The minimum atomic E-state index is -0.808. The number of Topliss-reactive ketones (excluding diaryl/α,β-unsaturated/α-hetero) is 1.